The van der Waals surface area contributed by atoms with Crippen LogP contribution in [-0.2, 0) is 9.53 Å². The van der Waals surface area contributed by atoms with E-state index < -0.39 is 0 Å². The van der Waals surface area contributed by atoms with Gasteiger partial charge >= 0.3 is 0 Å². The summed E-state index contributed by atoms with van der Waals surface area (Å²) in [4.78, 5) is 11.9. The van der Waals surface area contributed by atoms with Crippen LogP contribution in [0.5, 0.6) is 0 Å². The van der Waals surface area contributed by atoms with Gasteiger partial charge in [-0.05, 0) is 33.1 Å². The molecular weight excluding hydrogens is 204 g/mol. The smallest absolute Gasteiger partial charge is 0.223 e. The summed E-state index contributed by atoms with van der Waals surface area (Å²) in [6, 6.07) is 0.194. The molecule has 0 heterocycles. The second kappa shape index (κ2) is 5.64. The third-order valence-electron chi connectivity index (χ3n) is 3.33. The zero-order valence-corrected chi connectivity index (χ0v) is 10.6. The fourth-order valence-corrected chi connectivity index (χ4v) is 1.98. The quantitative estimate of drug-likeness (QED) is 0.756. The van der Waals surface area contributed by atoms with E-state index in [2.05, 4.69) is 5.32 Å². The fourth-order valence-electron chi connectivity index (χ4n) is 1.98. The summed E-state index contributed by atoms with van der Waals surface area (Å²) in [6.45, 7) is 4.47. The highest BCUT2D eigenvalue weighted by atomic mass is 16.5. The Morgan fingerprint density at radius 3 is 2.75 bits per heavy atom. The zero-order valence-electron chi connectivity index (χ0n) is 10.6. The largest absolute Gasteiger partial charge is 0.377 e. The van der Waals surface area contributed by atoms with E-state index in [1.165, 1.54) is 0 Å². The van der Waals surface area contributed by atoms with Gasteiger partial charge in [0.2, 0.25) is 5.91 Å². The van der Waals surface area contributed by atoms with Gasteiger partial charge in [-0.3, -0.25) is 4.79 Å². The minimum Gasteiger partial charge on any atom is -0.377 e. The molecule has 3 N–H and O–H groups in total. The monoisotopic (exact) mass is 228 g/mol. The lowest BCUT2D eigenvalue weighted by molar-refractivity contribution is -0.127. The minimum absolute atomic E-state index is 0.0939. The van der Waals surface area contributed by atoms with Crippen LogP contribution in [0.1, 0.15) is 39.5 Å². The van der Waals surface area contributed by atoms with Gasteiger partial charge in [0.1, 0.15) is 0 Å². The molecule has 0 bridgehead atoms. The van der Waals surface area contributed by atoms with Crippen molar-refractivity contribution in [1.29, 1.82) is 0 Å². The molecule has 2 unspecified atom stereocenters. The number of hydrogen-bond donors (Lipinski definition) is 2. The Hall–Kier alpha value is -0.610. The number of rotatable bonds is 4. The van der Waals surface area contributed by atoms with E-state index in [1.807, 2.05) is 13.8 Å². The van der Waals surface area contributed by atoms with Crippen molar-refractivity contribution in [3.8, 4) is 0 Å². The Bertz CT molecular complexity index is 241. The Labute approximate surface area is 97.9 Å². The molecule has 0 radical (unpaired) electrons. The number of amides is 1. The number of carbonyl (C=O) groups is 1. The second-order valence-corrected chi connectivity index (χ2v) is 5.31. The topological polar surface area (TPSA) is 64.3 Å². The summed E-state index contributed by atoms with van der Waals surface area (Å²) in [5.41, 5.74) is 5.57. The van der Waals surface area contributed by atoms with Crippen molar-refractivity contribution in [2.45, 2.75) is 51.2 Å². The first-order chi connectivity index (χ1) is 7.44. The molecule has 0 aliphatic heterocycles. The van der Waals surface area contributed by atoms with Crippen molar-refractivity contribution < 1.29 is 9.53 Å². The van der Waals surface area contributed by atoms with Crippen LogP contribution >= 0.6 is 0 Å². The maximum absolute atomic E-state index is 11.9. The van der Waals surface area contributed by atoms with Crippen LogP contribution in [0, 0.1) is 5.92 Å². The number of nitrogens with one attached hydrogen (secondary N) is 1. The van der Waals surface area contributed by atoms with Gasteiger partial charge in [-0.1, -0.05) is 6.42 Å². The highest BCUT2D eigenvalue weighted by Gasteiger charge is 2.26. The highest BCUT2D eigenvalue weighted by Crippen LogP contribution is 2.23. The van der Waals surface area contributed by atoms with E-state index in [9.17, 15) is 4.79 Å². The summed E-state index contributed by atoms with van der Waals surface area (Å²) in [5, 5.41) is 2.94. The van der Waals surface area contributed by atoms with Gasteiger partial charge in [-0.2, -0.15) is 0 Å². The highest BCUT2D eigenvalue weighted by molar-refractivity contribution is 5.78. The first-order valence-electron chi connectivity index (χ1n) is 6.03. The molecule has 94 valence electrons. The molecule has 0 saturated heterocycles. The van der Waals surface area contributed by atoms with Crippen molar-refractivity contribution in [3.63, 3.8) is 0 Å². The zero-order chi connectivity index (χ0) is 12.2. The third-order valence-corrected chi connectivity index (χ3v) is 3.33. The van der Waals surface area contributed by atoms with E-state index in [0.29, 0.717) is 6.54 Å². The third kappa shape index (κ3) is 4.10. The molecule has 0 aromatic carbocycles. The Morgan fingerprint density at radius 1 is 1.50 bits per heavy atom. The average Bonchev–Trinajstić information content (AvgIpc) is 2.26. The number of ether oxygens (including phenoxy) is 1. The lowest BCUT2D eigenvalue weighted by Gasteiger charge is -2.28. The van der Waals surface area contributed by atoms with Crippen LogP contribution in [0.3, 0.4) is 0 Å². The van der Waals surface area contributed by atoms with Crippen LogP contribution in [0.25, 0.3) is 0 Å². The van der Waals surface area contributed by atoms with Gasteiger partial charge in [0.05, 0.1) is 5.60 Å². The predicted octanol–water partition coefficient (Wildman–Crippen LogP) is 1.05. The Balaban J connectivity index is 2.34. The van der Waals surface area contributed by atoms with Gasteiger partial charge in [0.15, 0.2) is 0 Å². The molecular formula is C12H24N2O2. The van der Waals surface area contributed by atoms with E-state index in [4.69, 9.17) is 10.5 Å². The SMILES string of the molecule is COC(C)(C)CNC(=O)C1CCCC(N)C1. The van der Waals surface area contributed by atoms with Gasteiger partial charge in [-0.15, -0.1) is 0 Å². The van der Waals surface area contributed by atoms with Crippen molar-refractivity contribution in [2.75, 3.05) is 13.7 Å². The number of nitrogens with two attached hydrogens (primary N) is 1. The number of hydrogen-bond acceptors (Lipinski definition) is 3. The molecule has 1 aliphatic carbocycles. The lowest BCUT2D eigenvalue weighted by atomic mass is 9.85. The Kier molecular flexibility index (Phi) is 4.74. The van der Waals surface area contributed by atoms with Crippen LogP contribution in [0.2, 0.25) is 0 Å². The number of carbonyl (C=O) groups excluding carboxylic acids is 1. The van der Waals surface area contributed by atoms with Crippen molar-refractivity contribution in [1.82, 2.24) is 5.32 Å². The summed E-state index contributed by atoms with van der Waals surface area (Å²) in [5.74, 6) is 0.219. The fraction of sp³-hybridized carbons (Fsp3) is 0.917. The van der Waals surface area contributed by atoms with Gasteiger partial charge in [0.25, 0.3) is 0 Å². The van der Waals surface area contributed by atoms with Crippen LogP contribution in [0.4, 0.5) is 0 Å². The van der Waals surface area contributed by atoms with Gasteiger partial charge in [0, 0.05) is 25.6 Å². The van der Waals surface area contributed by atoms with Crippen LogP contribution in [0.15, 0.2) is 0 Å². The molecule has 4 nitrogen and oxygen atoms in total. The van der Waals surface area contributed by atoms with Crippen molar-refractivity contribution in [3.05, 3.63) is 0 Å². The van der Waals surface area contributed by atoms with Gasteiger partial charge < -0.3 is 15.8 Å². The van der Waals surface area contributed by atoms with Crippen LogP contribution in [-0.4, -0.2) is 31.2 Å². The normalized spacial score (nSPS) is 26.5. The molecule has 0 aromatic rings. The molecule has 1 saturated carbocycles. The van der Waals surface area contributed by atoms with Crippen LogP contribution < -0.4 is 11.1 Å². The predicted molar refractivity (Wildman–Crippen MR) is 64.0 cm³/mol. The summed E-state index contributed by atoms with van der Waals surface area (Å²) >= 11 is 0. The first-order valence-corrected chi connectivity index (χ1v) is 6.03. The molecule has 16 heavy (non-hydrogen) atoms. The molecule has 0 spiro atoms. The van der Waals surface area contributed by atoms with Crippen molar-refractivity contribution >= 4 is 5.91 Å². The minimum atomic E-state index is -0.299. The van der Waals surface area contributed by atoms with E-state index >= 15 is 0 Å². The average molecular weight is 228 g/mol. The maximum atomic E-state index is 11.9. The Morgan fingerprint density at radius 2 is 2.19 bits per heavy atom. The molecule has 1 aliphatic rings. The molecule has 1 fully saturated rings. The molecule has 1 amide bonds. The first kappa shape index (κ1) is 13.5. The summed E-state index contributed by atoms with van der Waals surface area (Å²) in [7, 11) is 1.66. The molecule has 1 rings (SSSR count). The molecule has 4 heteroatoms. The van der Waals surface area contributed by atoms with E-state index in [0.717, 1.165) is 25.7 Å². The second-order valence-electron chi connectivity index (χ2n) is 5.31. The molecule has 0 aromatic heterocycles. The summed E-state index contributed by atoms with van der Waals surface area (Å²) < 4.78 is 5.26. The van der Waals surface area contributed by atoms with E-state index in [1.54, 1.807) is 7.11 Å². The molecule has 2 atom stereocenters. The maximum Gasteiger partial charge on any atom is 0.223 e. The van der Waals surface area contributed by atoms with E-state index in [-0.39, 0.29) is 23.5 Å². The summed E-state index contributed by atoms with van der Waals surface area (Å²) in [6.07, 6.45) is 3.90. The van der Waals surface area contributed by atoms with Gasteiger partial charge in [-0.25, -0.2) is 0 Å². The van der Waals surface area contributed by atoms with Crippen molar-refractivity contribution in [2.24, 2.45) is 11.7 Å². The number of methoxy groups -OCH3 is 1. The standard InChI is InChI=1S/C12H24N2O2/c1-12(2,16-3)8-14-11(15)9-5-4-6-10(13)7-9/h9-10H,4-8,13H2,1-3H3,(H,14,15). The lowest BCUT2D eigenvalue weighted by Crippen LogP contribution is -2.44.